The van der Waals surface area contributed by atoms with Crippen molar-refractivity contribution in [3.05, 3.63) is 30.1 Å². The zero-order valence-corrected chi connectivity index (χ0v) is 10.4. The molecule has 2 N–H and O–H groups in total. The second kappa shape index (κ2) is 6.61. The molecule has 0 fully saturated rings. The Hall–Kier alpha value is -0.930. The zero-order chi connectivity index (χ0) is 12.0. The molecule has 0 bridgehead atoms. The summed E-state index contributed by atoms with van der Waals surface area (Å²) in [6, 6.07) is 4.42. The molecule has 0 aromatic carbocycles. The van der Waals surface area contributed by atoms with E-state index in [2.05, 4.69) is 31.1 Å². The molecule has 2 unspecified atom stereocenters. The molecule has 1 rings (SSSR count). The molecule has 0 saturated heterocycles. The number of nitrogens with one attached hydrogen (secondary N) is 1. The van der Waals surface area contributed by atoms with Gasteiger partial charge in [-0.1, -0.05) is 13.8 Å². The molecule has 3 heteroatoms. The number of hydrogen-bond acceptors (Lipinski definition) is 3. The Morgan fingerprint density at radius 3 is 2.38 bits per heavy atom. The summed E-state index contributed by atoms with van der Waals surface area (Å²) in [6.07, 6.45) is 4.58. The minimum Gasteiger partial charge on any atom is -0.395 e. The maximum absolute atomic E-state index is 9.30. The number of aliphatic hydroxyl groups excluding tert-OH is 1. The van der Waals surface area contributed by atoms with Crippen molar-refractivity contribution in [3.63, 3.8) is 0 Å². The van der Waals surface area contributed by atoms with E-state index in [4.69, 9.17) is 0 Å². The third kappa shape index (κ3) is 4.29. The molecular weight excluding hydrogens is 200 g/mol. The number of rotatable bonds is 6. The molecule has 90 valence electrons. The van der Waals surface area contributed by atoms with Crippen LogP contribution in [-0.4, -0.2) is 22.7 Å². The summed E-state index contributed by atoms with van der Waals surface area (Å²) in [5, 5.41) is 12.7. The molecule has 0 saturated carbocycles. The second-order valence-corrected chi connectivity index (χ2v) is 4.68. The van der Waals surface area contributed by atoms with Crippen molar-refractivity contribution < 1.29 is 5.11 Å². The van der Waals surface area contributed by atoms with Crippen molar-refractivity contribution in [1.82, 2.24) is 10.3 Å². The molecule has 0 radical (unpaired) electrons. The quantitative estimate of drug-likeness (QED) is 0.775. The van der Waals surface area contributed by atoms with Crippen LogP contribution < -0.4 is 5.32 Å². The lowest BCUT2D eigenvalue weighted by molar-refractivity contribution is 0.215. The standard InChI is InChI=1S/C13H22N2O/c1-10(2)8-13(9-16)15-11(3)12-4-6-14-7-5-12/h4-7,10-11,13,15-16H,8-9H2,1-3H3. The number of aliphatic hydroxyl groups is 1. The molecule has 16 heavy (non-hydrogen) atoms. The maximum atomic E-state index is 9.30. The normalized spacial score (nSPS) is 15.1. The van der Waals surface area contributed by atoms with E-state index >= 15 is 0 Å². The number of aromatic nitrogens is 1. The first-order valence-electron chi connectivity index (χ1n) is 5.90. The Kier molecular flexibility index (Phi) is 5.43. The molecule has 1 heterocycles. The van der Waals surface area contributed by atoms with Gasteiger partial charge in [-0.15, -0.1) is 0 Å². The minimum absolute atomic E-state index is 0.170. The van der Waals surface area contributed by atoms with Crippen LogP contribution in [-0.2, 0) is 0 Å². The first-order valence-corrected chi connectivity index (χ1v) is 5.90. The van der Waals surface area contributed by atoms with Gasteiger partial charge in [0.1, 0.15) is 0 Å². The Bertz CT molecular complexity index is 287. The first kappa shape index (κ1) is 13.1. The highest BCUT2D eigenvalue weighted by molar-refractivity contribution is 5.14. The van der Waals surface area contributed by atoms with Crippen LogP contribution in [0.3, 0.4) is 0 Å². The highest BCUT2D eigenvalue weighted by Gasteiger charge is 2.13. The number of hydrogen-bond donors (Lipinski definition) is 2. The smallest absolute Gasteiger partial charge is 0.0584 e. The molecule has 2 atom stereocenters. The Morgan fingerprint density at radius 2 is 1.88 bits per heavy atom. The van der Waals surface area contributed by atoms with Crippen LogP contribution >= 0.6 is 0 Å². The molecule has 0 amide bonds. The van der Waals surface area contributed by atoms with Crippen molar-refractivity contribution in [2.75, 3.05) is 6.61 Å². The van der Waals surface area contributed by atoms with Gasteiger partial charge in [-0.2, -0.15) is 0 Å². The van der Waals surface area contributed by atoms with E-state index in [1.165, 1.54) is 5.56 Å². The van der Waals surface area contributed by atoms with Gasteiger partial charge < -0.3 is 10.4 Å². The van der Waals surface area contributed by atoms with Crippen LogP contribution in [0, 0.1) is 5.92 Å². The van der Waals surface area contributed by atoms with E-state index in [-0.39, 0.29) is 18.7 Å². The number of nitrogens with zero attached hydrogens (tertiary/aromatic N) is 1. The van der Waals surface area contributed by atoms with Gasteiger partial charge in [0.2, 0.25) is 0 Å². The first-order chi connectivity index (χ1) is 7.63. The second-order valence-electron chi connectivity index (χ2n) is 4.68. The average Bonchev–Trinajstić information content (AvgIpc) is 2.28. The fraction of sp³-hybridized carbons (Fsp3) is 0.615. The van der Waals surface area contributed by atoms with E-state index in [1.807, 2.05) is 12.1 Å². The summed E-state index contributed by atoms with van der Waals surface area (Å²) in [7, 11) is 0. The predicted molar refractivity (Wildman–Crippen MR) is 66.1 cm³/mol. The Balaban J connectivity index is 2.52. The van der Waals surface area contributed by atoms with Crippen LogP contribution in [0.2, 0.25) is 0 Å². The monoisotopic (exact) mass is 222 g/mol. The van der Waals surface area contributed by atoms with Crippen molar-refractivity contribution >= 4 is 0 Å². The van der Waals surface area contributed by atoms with E-state index in [1.54, 1.807) is 12.4 Å². The van der Waals surface area contributed by atoms with Gasteiger partial charge in [-0.25, -0.2) is 0 Å². The van der Waals surface area contributed by atoms with E-state index in [9.17, 15) is 5.11 Å². The lowest BCUT2D eigenvalue weighted by Gasteiger charge is -2.23. The van der Waals surface area contributed by atoms with Crippen molar-refractivity contribution in [3.8, 4) is 0 Å². The highest BCUT2D eigenvalue weighted by Crippen LogP contribution is 2.13. The van der Waals surface area contributed by atoms with Crippen molar-refractivity contribution in [2.45, 2.75) is 39.3 Å². The third-order valence-corrected chi connectivity index (χ3v) is 2.67. The summed E-state index contributed by atoms with van der Waals surface area (Å²) < 4.78 is 0. The SMILES string of the molecule is CC(C)CC(CO)NC(C)c1ccncc1. The van der Waals surface area contributed by atoms with Gasteiger partial charge in [-0.05, 0) is 37.0 Å². The highest BCUT2D eigenvalue weighted by atomic mass is 16.3. The molecule has 0 aliphatic carbocycles. The summed E-state index contributed by atoms with van der Waals surface area (Å²) in [5.74, 6) is 0.592. The van der Waals surface area contributed by atoms with Gasteiger partial charge in [-0.3, -0.25) is 4.98 Å². The molecule has 3 nitrogen and oxygen atoms in total. The molecule has 1 aromatic heterocycles. The topological polar surface area (TPSA) is 45.1 Å². The fourth-order valence-corrected chi connectivity index (χ4v) is 1.87. The van der Waals surface area contributed by atoms with E-state index < -0.39 is 0 Å². The van der Waals surface area contributed by atoms with Crippen molar-refractivity contribution in [2.24, 2.45) is 5.92 Å². The summed E-state index contributed by atoms with van der Waals surface area (Å²) in [5.41, 5.74) is 1.21. The maximum Gasteiger partial charge on any atom is 0.0584 e. The van der Waals surface area contributed by atoms with Gasteiger partial charge >= 0.3 is 0 Å². The van der Waals surface area contributed by atoms with Gasteiger partial charge in [0.25, 0.3) is 0 Å². The zero-order valence-electron chi connectivity index (χ0n) is 10.4. The Morgan fingerprint density at radius 1 is 1.25 bits per heavy atom. The Labute approximate surface area is 97.9 Å². The molecular formula is C13H22N2O. The summed E-state index contributed by atoms with van der Waals surface area (Å²) >= 11 is 0. The predicted octanol–water partition coefficient (Wildman–Crippen LogP) is 2.14. The molecule has 0 aliphatic heterocycles. The summed E-state index contributed by atoms with van der Waals surface area (Å²) in [4.78, 5) is 4.00. The van der Waals surface area contributed by atoms with Crippen LogP contribution in [0.1, 0.15) is 38.8 Å². The number of pyridine rings is 1. The molecule has 0 spiro atoms. The van der Waals surface area contributed by atoms with Crippen molar-refractivity contribution in [1.29, 1.82) is 0 Å². The summed E-state index contributed by atoms with van der Waals surface area (Å²) in [6.45, 7) is 6.63. The van der Waals surface area contributed by atoms with Gasteiger partial charge in [0.05, 0.1) is 6.61 Å². The lowest BCUT2D eigenvalue weighted by Crippen LogP contribution is -2.35. The van der Waals surface area contributed by atoms with E-state index in [0.29, 0.717) is 5.92 Å². The largest absolute Gasteiger partial charge is 0.395 e. The fourth-order valence-electron chi connectivity index (χ4n) is 1.87. The van der Waals surface area contributed by atoms with Crippen LogP contribution in [0.4, 0.5) is 0 Å². The minimum atomic E-state index is 0.170. The van der Waals surface area contributed by atoms with Gasteiger partial charge in [0, 0.05) is 24.5 Å². The van der Waals surface area contributed by atoms with Crippen LogP contribution in [0.25, 0.3) is 0 Å². The van der Waals surface area contributed by atoms with E-state index in [0.717, 1.165) is 6.42 Å². The van der Waals surface area contributed by atoms with Gasteiger partial charge in [0.15, 0.2) is 0 Å². The average molecular weight is 222 g/mol. The van der Waals surface area contributed by atoms with Crippen LogP contribution in [0.5, 0.6) is 0 Å². The lowest BCUT2D eigenvalue weighted by atomic mass is 10.0. The van der Waals surface area contributed by atoms with Crippen LogP contribution in [0.15, 0.2) is 24.5 Å². The molecule has 0 aliphatic rings. The molecule has 1 aromatic rings. The third-order valence-electron chi connectivity index (χ3n) is 2.67.